The molecule has 0 spiro atoms. The molecule has 1 saturated carbocycles. The Morgan fingerprint density at radius 1 is 1.05 bits per heavy atom. The second-order valence-corrected chi connectivity index (χ2v) is 7.17. The summed E-state index contributed by atoms with van der Waals surface area (Å²) in [6.07, 6.45) is 10.1. The second-order valence-electron chi connectivity index (χ2n) is 7.17. The van der Waals surface area contributed by atoms with Crippen LogP contribution in [-0.4, -0.2) is 35.6 Å². The van der Waals surface area contributed by atoms with Crippen molar-refractivity contribution in [3.05, 3.63) is 0 Å². The van der Waals surface area contributed by atoms with Crippen LogP contribution in [0.1, 0.15) is 71.6 Å². The third-order valence-corrected chi connectivity index (χ3v) is 6.06. The van der Waals surface area contributed by atoms with Crippen molar-refractivity contribution >= 4 is 5.97 Å². The highest BCUT2D eigenvalue weighted by Gasteiger charge is 2.43. The van der Waals surface area contributed by atoms with Crippen LogP contribution in [0.5, 0.6) is 0 Å². The van der Waals surface area contributed by atoms with Crippen molar-refractivity contribution in [2.24, 2.45) is 10.8 Å². The highest BCUT2D eigenvalue weighted by molar-refractivity contribution is 5.75. The number of nitrogens with zero attached hydrogens (tertiary/aromatic N) is 1. The molecule has 3 heteroatoms. The molecule has 0 aromatic rings. The van der Waals surface area contributed by atoms with Gasteiger partial charge in [-0.05, 0) is 44.1 Å². The van der Waals surface area contributed by atoms with Gasteiger partial charge in [-0.25, -0.2) is 0 Å². The molecule has 1 heterocycles. The Bertz CT molecular complexity index is 328. The number of rotatable bonds is 5. The van der Waals surface area contributed by atoms with Gasteiger partial charge < -0.3 is 10.0 Å². The Morgan fingerprint density at radius 2 is 1.65 bits per heavy atom. The number of hydrogen-bond acceptors (Lipinski definition) is 2. The number of hydrogen-bond donors (Lipinski definition) is 1. The quantitative estimate of drug-likeness (QED) is 0.776. The zero-order valence-corrected chi connectivity index (χ0v) is 13.3. The molecule has 1 aliphatic heterocycles. The van der Waals surface area contributed by atoms with Gasteiger partial charge in [0.15, 0.2) is 0 Å². The first-order valence-electron chi connectivity index (χ1n) is 8.52. The molecule has 3 nitrogen and oxygen atoms in total. The summed E-state index contributed by atoms with van der Waals surface area (Å²) in [4.78, 5) is 14.3. The predicted molar refractivity (Wildman–Crippen MR) is 81.8 cm³/mol. The normalized spacial score (nSPS) is 26.3. The summed E-state index contributed by atoms with van der Waals surface area (Å²) in [5.41, 5.74) is -0.0154. The fraction of sp³-hybridized carbons (Fsp3) is 0.941. The Morgan fingerprint density at radius 3 is 2.10 bits per heavy atom. The molecule has 0 bridgehead atoms. The van der Waals surface area contributed by atoms with Gasteiger partial charge >= 0.3 is 5.97 Å². The molecule has 116 valence electrons. The van der Waals surface area contributed by atoms with Crippen molar-refractivity contribution in [2.45, 2.75) is 71.6 Å². The second kappa shape index (κ2) is 6.46. The molecule has 0 atom stereocenters. The monoisotopic (exact) mass is 281 g/mol. The first-order chi connectivity index (χ1) is 9.56. The first kappa shape index (κ1) is 15.8. The van der Waals surface area contributed by atoms with Crippen LogP contribution >= 0.6 is 0 Å². The summed E-state index contributed by atoms with van der Waals surface area (Å²) in [5, 5.41) is 9.79. The predicted octanol–water partition coefficient (Wildman–Crippen LogP) is 3.92. The molecule has 0 aromatic carbocycles. The minimum Gasteiger partial charge on any atom is -0.481 e. The van der Waals surface area contributed by atoms with Gasteiger partial charge in [0.1, 0.15) is 0 Å². The molecular weight excluding hydrogens is 250 g/mol. The first-order valence-corrected chi connectivity index (χ1v) is 8.52. The van der Waals surface area contributed by atoms with Gasteiger partial charge in [0.25, 0.3) is 0 Å². The van der Waals surface area contributed by atoms with Crippen molar-refractivity contribution in [2.75, 3.05) is 19.6 Å². The molecule has 1 saturated heterocycles. The summed E-state index contributed by atoms with van der Waals surface area (Å²) in [6.45, 7) is 7.55. The van der Waals surface area contributed by atoms with Gasteiger partial charge in [0.2, 0.25) is 0 Å². The van der Waals surface area contributed by atoms with E-state index in [1.54, 1.807) is 0 Å². The van der Waals surface area contributed by atoms with E-state index in [0.29, 0.717) is 5.41 Å². The maximum atomic E-state index is 11.9. The van der Waals surface area contributed by atoms with E-state index in [1.165, 1.54) is 32.1 Å². The van der Waals surface area contributed by atoms with Crippen LogP contribution in [0.15, 0.2) is 0 Å². The molecule has 2 fully saturated rings. The third-order valence-electron chi connectivity index (χ3n) is 6.06. The number of aliphatic carboxylic acids is 1. The van der Waals surface area contributed by atoms with Crippen molar-refractivity contribution in [1.29, 1.82) is 0 Å². The summed E-state index contributed by atoms with van der Waals surface area (Å²) in [7, 11) is 0. The molecule has 20 heavy (non-hydrogen) atoms. The molecule has 1 N–H and O–H groups in total. The van der Waals surface area contributed by atoms with E-state index in [2.05, 4.69) is 18.7 Å². The van der Waals surface area contributed by atoms with Gasteiger partial charge in [-0.3, -0.25) is 4.79 Å². The van der Waals surface area contributed by atoms with Crippen molar-refractivity contribution in [1.82, 2.24) is 4.90 Å². The summed E-state index contributed by atoms with van der Waals surface area (Å²) in [5.74, 6) is -0.551. The summed E-state index contributed by atoms with van der Waals surface area (Å²) in [6, 6.07) is 0. The molecule has 2 aliphatic rings. The molecule has 0 unspecified atom stereocenters. The zero-order valence-electron chi connectivity index (χ0n) is 13.3. The Hall–Kier alpha value is -0.570. The lowest BCUT2D eigenvalue weighted by Crippen LogP contribution is -2.43. The minimum atomic E-state index is -0.551. The summed E-state index contributed by atoms with van der Waals surface area (Å²) >= 11 is 0. The maximum Gasteiger partial charge on any atom is 0.310 e. The molecule has 0 aromatic heterocycles. The molecular formula is C17H31NO2. The fourth-order valence-electron chi connectivity index (χ4n) is 4.26. The fourth-order valence-corrected chi connectivity index (χ4v) is 4.26. The lowest BCUT2D eigenvalue weighted by molar-refractivity contribution is -0.151. The number of likely N-dealkylation sites (tertiary alicyclic amines) is 1. The number of carboxylic acids is 1. The van der Waals surface area contributed by atoms with E-state index in [1.807, 2.05) is 0 Å². The van der Waals surface area contributed by atoms with Gasteiger partial charge in [-0.15, -0.1) is 0 Å². The summed E-state index contributed by atoms with van der Waals surface area (Å²) < 4.78 is 0. The molecule has 1 aliphatic carbocycles. The van der Waals surface area contributed by atoms with Crippen LogP contribution < -0.4 is 0 Å². The molecule has 2 rings (SSSR count). The lowest BCUT2D eigenvalue weighted by Gasteiger charge is -2.34. The van der Waals surface area contributed by atoms with Crippen LogP contribution in [0.4, 0.5) is 0 Å². The lowest BCUT2D eigenvalue weighted by atomic mass is 9.79. The van der Waals surface area contributed by atoms with E-state index < -0.39 is 11.4 Å². The Labute approximate surface area is 123 Å². The average Bonchev–Trinajstić information content (AvgIpc) is 2.69. The largest absolute Gasteiger partial charge is 0.481 e. The van der Waals surface area contributed by atoms with Crippen LogP contribution in [0, 0.1) is 10.8 Å². The van der Waals surface area contributed by atoms with Gasteiger partial charge in [-0.1, -0.05) is 39.5 Å². The van der Waals surface area contributed by atoms with Crippen LogP contribution in [0.2, 0.25) is 0 Å². The van der Waals surface area contributed by atoms with E-state index in [-0.39, 0.29) is 0 Å². The maximum absolute atomic E-state index is 11.9. The van der Waals surface area contributed by atoms with Crippen molar-refractivity contribution in [3.8, 4) is 0 Å². The topological polar surface area (TPSA) is 40.5 Å². The SMILES string of the molecule is CCC1(CC)CCN(CC2(C(=O)O)CCCCCC2)C1. The van der Waals surface area contributed by atoms with Crippen molar-refractivity contribution < 1.29 is 9.90 Å². The van der Waals surface area contributed by atoms with Gasteiger partial charge in [0, 0.05) is 13.1 Å². The van der Waals surface area contributed by atoms with Crippen LogP contribution in [0.25, 0.3) is 0 Å². The number of carbonyl (C=O) groups is 1. The van der Waals surface area contributed by atoms with Gasteiger partial charge in [0.05, 0.1) is 5.41 Å². The Kier molecular flexibility index (Phi) is 5.11. The zero-order chi connectivity index (χ0) is 14.6. The standard InChI is InChI=1S/C17H31NO2/c1-3-16(4-2)11-12-18(13-16)14-17(15(19)20)9-7-5-6-8-10-17/h3-14H2,1-2H3,(H,19,20). The van der Waals surface area contributed by atoms with E-state index in [0.717, 1.165) is 45.3 Å². The van der Waals surface area contributed by atoms with Crippen LogP contribution in [0.3, 0.4) is 0 Å². The highest BCUT2D eigenvalue weighted by Crippen LogP contribution is 2.41. The minimum absolute atomic E-state index is 0.449. The highest BCUT2D eigenvalue weighted by atomic mass is 16.4. The Balaban J connectivity index is 2.04. The third kappa shape index (κ3) is 3.19. The average molecular weight is 281 g/mol. The number of carboxylic acid groups (broad SMARTS) is 1. The van der Waals surface area contributed by atoms with E-state index in [4.69, 9.17) is 0 Å². The van der Waals surface area contributed by atoms with E-state index >= 15 is 0 Å². The molecule has 0 amide bonds. The van der Waals surface area contributed by atoms with Crippen molar-refractivity contribution in [3.63, 3.8) is 0 Å². The molecule has 0 radical (unpaired) electrons. The van der Waals surface area contributed by atoms with Gasteiger partial charge in [-0.2, -0.15) is 0 Å². The van der Waals surface area contributed by atoms with E-state index in [9.17, 15) is 9.90 Å². The van der Waals surface area contributed by atoms with Crippen LogP contribution in [-0.2, 0) is 4.79 Å². The smallest absolute Gasteiger partial charge is 0.310 e.